The molecule has 0 fully saturated rings. The van der Waals surface area contributed by atoms with E-state index in [1.165, 1.54) is 7.11 Å². The van der Waals surface area contributed by atoms with E-state index in [9.17, 15) is 14.4 Å². The van der Waals surface area contributed by atoms with E-state index in [0.29, 0.717) is 38.8 Å². The highest BCUT2D eigenvalue weighted by Gasteiger charge is 2.28. The molecule has 0 aromatic carbocycles. The van der Waals surface area contributed by atoms with Crippen molar-refractivity contribution in [1.29, 1.82) is 0 Å². The third-order valence-corrected chi connectivity index (χ3v) is 3.70. The predicted octanol–water partition coefficient (Wildman–Crippen LogP) is 0.796. The Morgan fingerprint density at radius 3 is 1.85 bits per heavy atom. The van der Waals surface area contributed by atoms with E-state index < -0.39 is 35.7 Å². The van der Waals surface area contributed by atoms with Crippen LogP contribution in [-0.2, 0) is 19.1 Å². The molecule has 0 rings (SSSR count). The molecule has 2 atom stereocenters. The number of carbonyl (C=O) groups excluding carboxylic acids is 3. The molecular weight excluding hydrogens is 352 g/mol. The summed E-state index contributed by atoms with van der Waals surface area (Å²) >= 11 is 0. The number of nitrogens with one attached hydrogen (secondary N) is 2. The maximum Gasteiger partial charge on any atom is 0.408 e. The molecule has 1 unspecified atom stereocenters. The molecule has 0 spiro atoms. The van der Waals surface area contributed by atoms with E-state index in [0.717, 1.165) is 12.8 Å². The molecule has 0 aromatic rings. The lowest BCUT2D eigenvalue weighted by Gasteiger charge is -2.25. The van der Waals surface area contributed by atoms with Crippen molar-refractivity contribution in [2.45, 2.75) is 77.0 Å². The monoisotopic (exact) mass is 388 g/mol. The molecule has 9 nitrogen and oxygen atoms in total. The quantitative estimate of drug-likeness (QED) is 0.286. The summed E-state index contributed by atoms with van der Waals surface area (Å²) in [6, 6.07) is -1.61. The fourth-order valence-corrected chi connectivity index (χ4v) is 2.37. The lowest BCUT2D eigenvalue weighted by molar-refractivity contribution is -0.145. The summed E-state index contributed by atoms with van der Waals surface area (Å²) in [5.74, 6) is -0.987. The molecule has 0 aliphatic carbocycles. The molecule has 2 amide bonds. The van der Waals surface area contributed by atoms with Crippen LogP contribution in [0.2, 0.25) is 0 Å². The number of rotatable bonds is 12. The van der Waals surface area contributed by atoms with Crippen molar-refractivity contribution in [3.05, 3.63) is 0 Å². The fraction of sp³-hybridized carbons (Fsp3) is 0.833. The standard InChI is InChI=1S/C18H36N4O5/c1-18(2,3)27-17(25)22-13(9-5-7-11-19)15(23)21-14(16(24)26-4)10-6-8-12-20/h13-14H,5-12,19-20H2,1-4H3,(H,21,23)(H,22,25)/t13?,14-/m0/s1. The Labute approximate surface area is 161 Å². The van der Waals surface area contributed by atoms with Crippen LogP contribution >= 0.6 is 0 Å². The van der Waals surface area contributed by atoms with Gasteiger partial charge in [-0.25, -0.2) is 9.59 Å². The summed E-state index contributed by atoms with van der Waals surface area (Å²) in [4.78, 5) is 36.6. The smallest absolute Gasteiger partial charge is 0.408 e. The van der Waals surface area contributed by atoms with E-state index in [-0.39, 0.29) is 0 Å². The minimum atomic E-state index is -0.826. The van der Waals surface area contributed by atoms with Crippen LogP contribution in [0.3, 0.4) is 0 Å². The third-order valence-electron chi connectivity index (χ3n) is 3.70. The van der Waals surface area contributed by atoms with Gasteiger partial charge in [0.1, 0.15) is 17.7 Å². The first-order valence-corrected chi connectivity index (χ1v) is 9.42. The van der Waals surface area contributed by atoms with Crippen LogP contribution in [0.4, 0.5) is 4.79 Å². The number of amides is 2. The number of methoxy groups -OCH3 is 1. The van der Waals surface area contributed by atoms with Gasteiger partial charge >= 0.3 is 12.1 Å². The van der Waals surface area contributed by atoms with Crippen LogP contribution in [0.5, 0.6) is 0 Å². The molecule has 0 aromatic heterocycles. The Balaban J connectivity index is 4.99. The van der Waals surface area contributed by atoms with E-state index in [1.54, 1.807) is 20.8 Å². The zero-order valence-electron chi connectivity index (χ0n) is 17.0. The first-order chi connectivity index (χ1) is 12.6. The molecule has 27 heavy (non-hydrogen) atoms. The lowest BCUT2D eigenvalue weighted by Crippen LogP contribution is -2.52. The van der Waals surface area contributed by atoms with Gasteiger partial charge in [0.05, 0.1) is 7.11 Å². The molecular formula is C18H36N4O5. The van der Waals surface area contributed by atoms with E-state index >= 15 is 0 Å². The molecule has 0 saturated heterocycles. The average Bonchev–Trinajstić information content (AvgIpc) is 2.57. The van der Waals surface area contributed by atoms with Crippen molar-refractivity contribution in [3.63, 3.8) is 0 Å². The number of esters is 1. The summed E-state index contributed by atoms with van der Waals surface area (Å²) in [6.07, 6.45) is 2.90. The van der Waals surface area contributed by atoms with Gasteiger partial charge in [-0.15, -0.1) is 0 Å². The molecule has 0 radical (unpaired) electrons. The number of hydrogen-bond donors (Lipinski definition) is 4. The summed E-state index contributed by atoms with van der Waals surface area (Å²) in [6.45, 7) is 6.21. The molecule has 158 valence electrons. The van der Waals surface area contributed by atoms with Crippen molar-refractivity contribution in [2.75, 3.05) is 20.2 Å². The van der Waals surface area contributed by atoms with Crippen LogP contribution in [-0.4, -0.2) is 55.9 Å². The Kier molecular flexibility index (Phi) is 12.4. The van der Waals surface area contributed by atoms with Crippen molar-refractivity contribution < 1.29 is 23.9 Å². The highest BCUT2D eigenvalue weighted by Crippen LogP contribution is 2.09. The zero-order valence-corrected chi connectivity index (χ0v) is 17.0. The van der Waals surface area contributed by atoms with Crippen LogP contribution < -0.4 is 22.1 Å². The molecule has 0 aliphatic rings. The topological polar surface area (TPSA) is 146 Å². The number of unbranched alkanes of at least 4 members (excludes halogenated alkanes) is 2. The second-order valence-electron chi connectivity index (χ2n) is 7.35. The Morgan fingerprint density at radius 2 is 1.41 bits per heavy atom. The average molecular weight is 389 g/mol. The molecule has 6 N–H and O–H groups in total. The third kappa shape index (κ3) is 12.2. The van der Waals surface area contributed by atoms with Gasteiger partial charge in [-0.1, -0.05) is 0 Å². The van der Waals surface area contributed by atoms with Crippen molar-refractivity contribution in [2.24, 2.45) is 11.5 Å². The first-order valence-electron chi connectivity index (χ1n) is 9.42. The van der Waals surface area contributed by atoms with Gasteiger partial charge in [-0.3, -0.25) is 4.79 Å². The first kappa shape index (κ1) is 25.1. The van der Waals surface area contributed by atoms with E-state index in [2.05, 4.69) is 10.6 Å². The second kappa shape index (κ2) is 13.3. The Hall–Kier alpha value is -1.87. The normalized spacial score (nSPS) is 13.4. The van der Waals surface area contributed by atoms with Gasteiger partial charge in [0, 0.05) is 0 Å². The van der Waals surface area contributed by atoms with Gasteiger partial charge in [0.15, 0.2) is 0 Å². The summed E-state index contributed by atoms with van der Waals surface area (Å²) < 4.78 is 9.97. The zero-order chi connectivity index (χ0) is 20.9. The van der Waals surface area contributed by atoms with Crippen molar-refractivity contribution in [3.8, 4) is 0 Å². The summed E-state index contributed by atoms with van der Waals surface area (Å²) in [7, 11) is 1.27. The number of nitrogens with two attached hydrogens (primary N) is 2. The number of alkyl carbamates (subject to hydrolysis) is 1. The minimum Gasteiger partial charge on any atom is -0.467 e. The van der Waals surface area contributed by atoms with Gasteiger partial charge in [0.2, 0.25) is 5.91 Å². The molecule has 9 heteroatoms. The van der Waals surface area contributed by atoms with Gasteiger partial charge in [0.25, 0.3) is 0 Å². The number of hydrogen-bond acceptors (Lipinski definition) is 7. The number of carbonyl (C=O) groups is 3. The minimum absolute atomic E-state index is 0.388. The summed E-state index contributed by atoms with van der Waals surface area (Å²) in [5, 5.41) is 5.24. The maximum absolute atomic E-state index is 12.7. The van der Waals surface area contributed by atoms with Crippen molar-refractivity contribution in [1.82, 2.24) is 10.6 Å². The van der Waals surface area contributed by atoms with Crippen LogP contribution in [0.1, 0.15) is 59.3 Å². The predicted molar refractivity (Wildman–Crippen MR) is 103 cm³/mol. The highest BCUT2D eigenvalue weighted by atomic mass is 16.6. The Bertz CT molecular complexity index is 465. The lowest BCUT2D eigenvalue weighted by atomic mass is 10.1. The van der Waals surface area contributed by atoms with Crippen LogP contribution in [0.15, 0.2) is 0 Å². The number of ether oxygens (including phenoxy) is 2. The summed E-state index contributed by atoms with van der Waals surface area (Å²) in [5.41, 5.74) is 10.3. The molecule has 0 heterocycles. The second-order valence-corrected chi connectivity index (χ2v) is 7.35. The van der Waals surface area contributed by atoms with Crippen LogP contribution in [0.25, 0.3) is 0 Å². The van der Waals surface area contributed by atoms with E-state index in [4.69, 9.17) is 20.9 Å². The Morgan fingerprint density at radius 1 is 0.889 bits per heavy atom. The van der Waals surface area contributed by atoms with E-state index in [1.807, 2.05) is 0 Å². The maximum atomic E-state index is 12.7. The highest BCUT2D eigenvalue weighted by molar-refractivity contribution is 5.89. The van der Waals surface area contributed by atoms with Gasteiger partial charge in [-0.2, -0.15) is 0 Å². The molecule has 0 saturated carbocycles. The van der Waals surface area contributed by atoms with Gasteiger partial charge < -0.3 is 31.6 Å². The van der Waals surface area contributed by atoms with Crippen molar-refractivity contribution >= 4 is 18.0 Å². The SMILES string of the molecule is COC(=O)[C@H](CCCCN)NC(=O)C(CCCCN)NC(=O)OC(C)(C)C. The van der Waals surface area contributed by atoms with Crippen LogP contribution in [0, 0.1) is 0 Å². The molecule has 0 bridgehead atoms. The largest absolute Gasteiger partial charge is 0.467 e. The van der Waals surface area contributed by atoms with Gasteiger partial charge in [-0.05, 0) is 72.4 Å². The fourth-order valence-electron chi connectivity index (χ4n) is 2.37. The molecule has 0 aliphatic heterocycles.